The maximum absolute atomic E-state index is 6.25. The highest BCUT2D eigenvalue weighted by Crippen LogP contribution is 2.30. The number of benzene rings is 1. The number of rotatable bonds is 4. The number of nitrogens with zero attached hydrogens (tertiary/aromatic N) is 1. The van der Waals surface area contributed by atoms with Crippen molar-refractivity contribution in [1.82, 2.24) is 4.98 Å². The van der Waals surface area contributed by atoms with Crippen molar-refractivity contribution in [2.75, 3.05) is 0 Å². The molecular formula is C15H16Cl2N2O. The van der Waals surface area contributed by atoms with Crippen LogP contribution in [-0.2, 0) is 0 Å². The van der Waals surface area contributed by atoms with Crippen LogP contribution in [0.3, 0.4) is 0 Å². The molecule has 0 radical (unpaired) electrons. The lowest BCUT2D eigenvalue weighted by Gasteiger charge is -2.16. The Morgan fingerprint density at radius 3 is 2.60 bits per heavy atom. The second-order valence-corrected chi connectivity index (χ2v) is 5.61. The Morgan fingerprint density at radius 1 is 1.15 bits per heavy atom. The maximum Gasteiger partial charge on any atom is 0.138 e. The van der Waals surface area contributed by atoms with E-state index in [2.05, 4.69) is 4.98 Å². The van der Waals surface area contributed by atoms with E-state index < -0.39 is 6.04 Å². The summed E-state index contributed by atoms with van der Waals surface area (Å²) < 4.78 is 5.62. The minimum absolute atomic E-state index is 0.0815. The van der Waals surface area contributed by atoms with E-state index in [1.54, 1.807) is 30.6 Å². The lowest BCUT2D eigenvalue weighted by molar-refractivity contribution is 0.241. The monoisotopic (exact) mass is 310 g/mol. The number of pyridine rings is 1. The van der Waals surface area contributed by atoms with Gasteiger partial charge in [0.05, 0.1) is 18.3 Å². The number of nitrogens with two attached hydrogens (primary N) is 1. The Balaban J connectivity index is 2.33. The number of ether oxygens (including phenoxy) is 1. The van der Waals surface area contributed by atoms with Gasteiger partial charge in [-0.15, -0.1) is 0 Å². The molecule has 0 aliphatic heterocycles. The van der Waals surface area contributed by atoms with Gasteiger partial charge in [0.1, 0.15) is 5.75 Å². The van der Waals surface area contributed by atoms with Crippen LogP contribution in [-0.4, -0.2) is 11.1 Å². The quantitative estimate of drug-likeness (QED) is 0.919. The minimum atomic E-state index is -0.399. The van der Waals surface area contributed by atoms with E-state index in [9.17, 15) is 0 Å². The van der Waals surface area contributed by atoms with Gasteiger partial charge in [-0.05, 0) is 49.2 Å². The van der Waals surface area contributed by atoms with Gasteiger partial charge in [-0.1, -0.05) is 23.2 Å². The molecule has 0 bridgehead atoms. The zero-order valence-electron chi connectivity index (χ0n) is 11.3. The molecule has 20 heavy (non-hydrogen) atoms. The van der Waals surface area contributed by atoms with Crippen LogP contribution in [0.2, 0.25) is 10.0 Å². The lowest BCUT2D eigenvalue weighted by atomic mass is 10.0. The molecule has 0 saturated heterocycles. The Morgan fingerprint density at radius 2 is 1.90 bits per heavy atom. The molecule has 0 saturated carbocycles. The van der Waals surface area contributed by atoms with Gasteiger partial charge in [0.15, 0.2) is 0 Å². The van der Waals surface area contributed by atoms with Gasteiger partial charge in [-0.25, -0.2) is 0 Å². The summed E-state index contributed by atoms with van der Waals surface area (Å²) in [6.45, 7) is 3.92. The fourth-order valence-corrected chi connectivity index (χ4v) is 2.29. The molecule has 0 aliphatic carbocycles. The number of hydrogen-bond donors (Lipinski definition) is 1. The zero-order chi connectivity index (χ0) is 14.7. The Labute approximate surface area is 128 Å². The van der Waals surface area contributed by atoms with Crippen molar-refractivity contribution in [1.29, 1.82) is 0 Å². The van der Waals surface area contributed by atoms with Gasteiger partial charge < -0.3 is 10.5 Å². The number of hydrogen-bond acceptors (Lipinski definition) is 3. The Hall–Kier alpha value is -1.29. The van der Waals surface area contributed by atoms with Gasteiger partial charge in [0, 0.05) is 16.2 Å². The molecule has 0 aliphatic rings. The zero-order valence-corrected chi connectivity index (χ0v) is 12.8. The summed E-state index contributed by atoms with van der Waals surface area (Å²) in [6.07, 6.45) is 3.45. The predicted molar refractivity (Wildman–Crippen MR) is 82.5 cm³/mol. The summed E-state index contributed by atoms with van der Waals surface area (Å²) in [5.74, 6) is 0.686. The topological polar surface area (TPSA) is 48.1 Å². The van der Waals surface area contributed by atoms with Crippen molar-refractivity contribution in [3.63, 3.8) is 0 Å². The van der Waals surface area contributed by atoms with Crippen molar-refractivity contribution >= 4 is 23.2 Å². The van der Waals surface area contributed by atoms with Crippen LogP contribution in [0.1, 0.15) is 31.0 Å². The second-order valence-electron chi connectivity index (χ2n) is 4.76. The molecule has 2 N–H and O–H groups in total. The van der Waals surface area contributed by atoms with Crippen LogP contribution in [0.5, 0.6) is 5.75 Å². The van der Waals surface area contributed by atoms with Gasteiger partial charge in [0.2, 0.25) is 0 Å². The van der Waals surface area contributed by atoms with E-state index in [-0.39, 0.29) is 6.10 Å². The average Bonchev–Trinajstić information content (AvgIpc) is 2.40. The van der Waals surface area contributed by atoms with Crippen LogP contribution >= 0.6 is 23.2 Å². The molecule has 1 heterocycles. The van der Waals surface area contributed by atoms with Crippen molar-refractivity contribution in [2.24, 2.45) is 5.73 Å². The highest BCUT2D eigenvalue weighted by molar-refractivity contribution is 6.33. The summed E-state index contributed by atoms with van der Waals surface area (Å²) in [5, 5.41) is 1.18. The highest BCUT2D eigenvalue weighted by Gasteiger charge is 2.14. The molecule has 1 unspecified atom stereocenters. The first-order valence-electron chi connectivity index (χ1n) is 6.29. The standard InChI is InChI=1S/C15H16Cl2N2O/c1-9(2)20-12-5-10(7-19-8-12)15(18)13-6-11(16)3-4-14(13)17/h3-9,15H,18H2,1-2H3. The van der Waals surface area contributed by atoms with Crippen LogP contribution in [0.4, 0.5) is 0 Å². The summed E-state index contributed by atoms with van der Waals surface area (Å²) in [7, 11) is 0. The van der Waals surface area contributed by atoms with Crippen molar-refractivity contribution in [2.45, 2.75) is 26.0 Å². The minimum Gasteiger partial charge on any atom is -0.489 e. The van der Waals surface area contributed by atoms with Crippen LogP contribution in [0.25, 0.3) is 0 Å². The van der Waals surface area contributed by atoms with Crippen LogP contribution < -0.4 is 10.5 Å². The molecule has 1 aromatic heterocycles. The fourth-order valence-electron chi connectivity index (χ4n) is 1.87. The third-order valence-corrected chi connectivity index (χ3v) is 3.34. The molecule has 1 atom stereocenters. The van der Waals surface area contributed by atoms with Gasteiger partial charge in [-0.3, -0.25) is 4.98 Å². The second kappa shape index (κ2) is 6.44. The summed E-state index contributed by atoms with van der Waals surface area (Å²) >= 11 is 12.2. The first kappa shape index (κ1) is 15.1. The maximum atomic E-state index is 6.25. The molecular weight excluding hydrogens is 295 g/mol. The molecule has 2 aromatic rings. The molecule has 0 fully saturated rings. The largest absolute Gasteiger partial charge is 0.489 e. The van der Waals surface area contributed by atoms with Crippen molar-refractivity contribution in [3.05, 3.63) is 57.8 Å². The van der Waals surface area contributed by atoms with Crippen LogP contribution in [0.15, 0.2) is 36.7 Å². The number of aromatic nitrogens is 1. The van der Waals surface area contributed by atoms with E-state index in [1.807, 2.05) is 19.9 Å². The predicted octanol–water partition coefficient (Wildman–Crippen LogP) is 4.22. The smallest absolute Gasteiger partial charge is 0.138 e. The molecule has 1 aromatic carbocycles. The lowest BCUT2D eigenvalue weighted by Crippen LogP contribution is -2.13. The third kappa shape index (κ3) is 3.63. The van der Waals surface area contributed by atoms with Crippen LogP contribution in [0, 0.1) is 0 Å². The fraction of sp³-hybridized carbons (Fsp3) is 0.267. The third-order valence-electron chi connectivity index (χ3n) is 2.76. The average molecular weight is 311 g/mol. The van der Waals surface area contributed by atoms with E-state index in [0.717, 1.165) is 11.1 Å². The van der Waals surface area contributed by atoms with Crippen molar-refractivity contribution in [3.8, 4) is 5.75 Å². The van der Waals surface area contributed by atoms with E-state index in [0.29, 0.717) is 15.8 Å². The summed E-state index contributed by atoms with van der Waals surface area (Å²) in [4.78, 5) is 4.16. The van der Waals surface area contributed by atoms with Crippen molar-refractivity contribution < 1.29 is 4.74 Å². The molecule has 0 amide bonds. The Kier molecular flexibility index (Phi) is 4.86. The van der Waals surface area contributed by atoms with Gasteiger partial charge >= 0.3 is 0 Å². The molecule has 3 nitrogen and oxygen atoms in total. The summed E-state index contributed by atoms with van der Waals surface area (Å²) in [5.41, 5.74) is 7.84. The van der Waals surface area contributed by atoms with E-state index >= 15 is 0 Å². The highest BCUT2D eigenvalue weighted by atomic mass is 35.5. The molecule has 5 heteroatoms. The molecule has 106 valence electrons. The van der Waals surface area contributed by atoms with Gasteiger partial charge in [-0.2, -0.15) is 0 Å². The van der Waals surface area contributed by atoms with E-state index in [4.69, 9.17) is 33.7 Å². The normalized spacial score (nSPS) is 12.5. The molecule has 2 rings (SSSR count). The summed E-state index contributed by atoms with van der Waals surface area (Å²) in [6, 6.07) is 6.71. The first-order chi connectivity index (χ1) is 9.47. The van der Waals surface area contributed by atoms with E-state index in [1.165, 1.54) is 0 Å². The van der Waals surface area contributed by atoms with Gasteiger partial charge in [0.25, 0.3) is 0 Å². The Bertz CT molecular complexity index is 602. The number of halogens is 2. The first-order valence-corrected chi connectivity index (χ1v) is 7.05. The molecule has 0 spiro atoms. The SMILES string of the molecule is CC(C)Oc1cncc(C(N)c2cc(Cl)ccc2Cl)c1.